The zero-order valence-corrected chi connectivity index (χ0v) is 9.28. The Labute approximate surface area is 93.7 Å². The second kappa shape index (κ2) is 4.45. The number of alkyl halides is 1. The molecule has 2 aromatic rings. The molecule has 0 aliphatic heterocycles. The van der Waals surface area contributed by atoms with Crippen LogP contribution in [0, 0.1) is 0 Å². The molecule has 0 unspecified atom stereocenters. The van der Waals surface area contributed by atoms with Crippen LogP contribution in [0.4, 0.5) is 0 Å². The molecule has 2 aromatic heterocycles. The van der Waals surface area contributed by atoms with E-state index in [0.29, 0.717) is 5.88 Å². The summed E-state index contributed by atoms with van der Waals surface area (Å²) < 4.78 is 1.98. The standard InChI is InChI=1S/C11H12ClN3/c1-2-10-13-5-6-15(10)11-4-3-9(7-12)8-14-11/h3-6,8H,2,7H2,1H3. The second-order valence-electron chi connectivity index (χ2n) is 3.23. The summed E-state index contributed by atoms with van der Waals surface area (Å²) in [6, 6.07) is 3.94. The Morgan fingerprint density at radius 2 is 2.20 bits per heavy atom. The third-order valence-corrected chi connectivity index (χ3v) is 2.55. The first kappa shape index (κ1) is 10.2. The quantitative estimate of drug-likeness (QED) is 0.746. The molecule has 0 aliphatic rings. The molecule has 15 heavy (non-hydrogen) atoms. The van der Waals surface area contributed by atoms with E-state index in [1.807, 2.05) is 22.9 Å². The molecule has 3 nitrogen and oxygen atoms in total. The van der Waals surface area contributed by atoms with Gasteiger partial charge in [-0.05, 0) is 11.6 Å². The maximum Gasteiger partial charge on any atom is 0.137 e. The third kappa shape index (κ3) is 2.02. The van der Waals surface area contributed by atoms with Crippen molar-refractivity contribution in [2.75, 3.05) is 0 Å². The normalized spacial score (nSPS) is 10.5. The molecule has 0 bridgehead atoms. The number of nitrogens with zero attached hydrogens (tertiary/aromatic N) is 3. The molecule has 0 aliphatic carbocycles. The molecule has 0 saturated carbocycles. The Balaban J connectivity index is 2.37. The van der Waals surface area contributed by atoms with Gasteiger partial charge < -0.3 is 0 Å². The highest BCUT2D eigenvalue weighted by molar-refractivity contribution is 6.17. The van der Waals surface area contributed by atoms with Crippen LogP contribution in [0.2, 0.25) is 0 Å². The molecular weight excluding hydrogens is 210 g/mol. The topological polar surface area (TPSA) is 30.7 Å². The van der Waals surface area contributed by atoms with E-state index in [0.717, 1.165) is 23.6 Å². The molecule has 4 heteroatoms. The second-order valence-corrected chi connectivity index (χ2v) is 3.49. The first-order valence-electron chi connectivity index (χ1n) is 4.88. The van der Waals surface area contributed by atoms with Crippen LogP contribution >= 0.6 is 11.6 Å². The van der Waals surface area contributed by atoms with E-state index >= 15 is 0 Å². The van der Waals surface area contributed by atoms with Crippen LogP contribution in [-0.2, 0) is 12.3 Å². The van der Waals surface area contributed by atoms with Gasteiger partial charge in [0, 0.05) is 30.9 Å². The zero-order chi connectivity index (χ0) is 10.7. The van der Waals surface area contributed by atoms with E-state index in [2.05, 4.69) is 16.9 Å². The van der Waals surface area contributed by atoms with Crippen LogP contribution < -0.4 is 0 Å². The van der Waals surface area contributed by atoms with E-state index in [9.17, 15) is 0 Å². The summed E-state index contributed by atoms with van der Waals surface area (Å²) in [5, 5.41) is 0. The van der Waals surface area contributed by atoms with Crippen molar-refractivity contribution in [1.29, 1.82) is 0 Å². The van der Waals surface area contributed by atoms with E-state index in [-0.39, 0.29) is 0 Å². The van der Waals surface area contributed by atoms with Gasteiger partial charge in [0.15, 0.2) is 0 Å². The molecule has 2 heterocycles. The fourth-order valence-electron chi connectivity index (χ4n) is 1.44. The van der Waals surface area contributed by atoms with Gasteiger partial charge in [0.1, 0.15) is 11.6 Å². The maximum absolute atomic E-state index is 5.70. The molecule has 0 radical (unpaired) electrons. The summed E-state index contributed by atoms with van der Waals surface area (Å²) in [5.74, 6) is 2.40. The van der Waals surface area contributed by atoms with Crippen LogP contribution in [0.5, 0.6) is 0 Å². The van der Waals surface area contributed by atoms with Crippen molar-refractivity contribution in [2.45, 2.75) is 19.2 Å². The maximum atomic E-state index is 5.70. The Morgan fingerprint density at radius 1 is 1.33 bits per heavy atom. The average molecular weight is 222 g/mol. The van der Waals surface area contributed by atoms with Gasteiger partial charge in [0.25, 0.3) is 0 Å². The van der Waals surface area contributed by atoms with Crippen molar-refractivity contribution in [2.24, 2.45) is 0 Å². The fourth-order valence-corrected chi connectivity index (χ4v) is 1.60. The number of imidazole rings is 1. The Morgan fingerprint density at radius 3 is 2.80 bits per heavy atom. The minimum absolute atomic E-state index is 0.498. The Bertz CT molecular complexity index is 433. The molecule has 0 spiro atoms. The monoisotopic (exact) mass is 221 g/mol. The summed E-state index contributed by atoms with van der Waals surface area (Å²) in [6.07, 6.45) is 6.39. The third-order valence-electron chi connectivity index (χ3n) is 2.24. The van der Waals surface area contributed by atoms with Gasteiger partial charge in [0.2, 0.25) is 0 Å². The van der Waals surface area contributed by atoms with Gasteiger partial charge in [-0.2, -0.15) is 0 Å². The van der Waals surface area contributed by atoms with Crippen LogP contribution in [-0.4, -0.2) is 14.5 Å². The molecule has 0 amide bonds. The molecular formula is C11H12ClN3. The highest BCUT2D eigenvalue weighted by Crippen LogP contribution is 2.10. The summed E-state index contributed by atoms with van der Waals surface area (Å²) in [7, 11) is 0. The lowest BCUT2D eigenvalue weighted by Gasteiger charge is -2.05. The van der Waals surface area contributed by atoms with E-state index < -0.39 is 0 Å². The predicted molar refractivity (Wildman–Crippen MR) is 60.3 cm³/mol. The molecule has 0 atom stereocenters. The molecule has 0 fully saturated rings. The molecule has 0 aromatic carbocycles. The van der Waals surface area contributed by atoms with Gasteiger partial charge in [-0.1, -0.05) is 13.0 Å². The van der Waals surface area contributed by atoms with Crippen LogP contribution in [0.25, 0.3) is 5.82 Å². The van der Waals surface area contributed by atoms with Crippen molar-refractivity contribution in [3.63, 3.8) is 0 Å². The minimum atomic E-state index is 0.498. The number of hydrogen-bond acceptors (Lipinski definition) is 2. The van der Waals surface area contributed by atoms with Crippen LogP contribution in [0.1, 0.15) is 18.3 Å². The lowest BCUT2D eigenvalue weighted by molar-refractivity contribution is 0.866. The summed E-state index contributed by atoms with van der Waals surface area (Å²) in [4.78, 5) is 8.59. The summed E-state index contributed by atoms with van der Waals surface area (Å²) >= 11 is 5.70. The van der Waals surface area contributed by atoms with Gasteiger partial charge in [-0.15, -0.1) is 11.6 Å². The molecule has 2 rings (SSSR count). The first-order valence-corrected chi connectivity index (χ1v) is 5.42. The molecule has 78 valence electrons. The number of rotatable bonds is 3. The van der Waals surface area contributed by atoms with Gasteiger partial charge in [0.05, 0.1) is 0 Å². The van der Waals surface area contributed by atoms with E-state index in [4.69, 9.17) is 11.6 Å². The van der Waals surface area contributed by atoms with E-state index in [1.165, 1.54) is 0 Å². The van der Waals surface area contributed by atoms with Gasteiger partial charge >= 0.3 is 0 Å². The fraction of sp³-hybridized carbons (Fsp3) is 0.273. The van der Waals surface area contributed by atoms with Gasteiger partial charge in [-0.25, -0.2) is 9.97 Å². The lowest BCUT2D eigenvalue weighted by atomic mass is 10.3. The number of aryl methyl sites for hydroxylation is 1. The smallest absolute Gasteiger partial charge is 0.137 e. The SMILES string of the molecule is CCc1nccn1-c1ccc(CCl)cn1. The van der Waals surface area contributed by atoms with Crippen molar-refractivity contribution in [3.8, 4) is 5.82 Å². The predicted octanol–water partition coefficient (Wildman–Crippen LogP) is 2.57. The van der Waals surface area contributed by atoms with Gasteiger partial charge in [-0.3, -0.25) is 4.57 Å². The largest absolute Gasteiger partial charge is 0.288 e. The number of hydrogen-bond donors (Lipinski definition) is 0. The lowest BCUT2D eigenvalue weighted by Crippen LogP contribution is -2.01. The molecule has 0 N–H and O–H groups in total. The number of aromatic nitrogens is 3. The Hall–Kier alpha value is -1.35. The van der Waals surface area contributed by atoms with Crippen molar-refractivity contribution < 1.29 is 0 Å². The van der Waals surface area contributed by atoms with E-state index in [1.54, 1.807) is 12.4 Å². The van der Waals surface area contributed by atoms with Crippen LogP contribution in [0.3, 0.4) is 0 Å². The van der Waals surface area contributed by atoms with Crippen molar-refractivity contribution in [3.05, 3.63) is 42.1 Å². The minimum Gasteiger partial charge on any atom is -0.288 e. The van der Waals surface area contributed by atoms with Crippen molar-refractivity contribution >= 4 is 11.6 Å². The summed E-state index contributed by atoms with van der Waals surface area (Å²) in [5.41, 5.74) is 1.03. The summed E-state index contributed by atoms with van der Waals surface area (Å²) in [6.45, 7) is 2.08. The highest BCUT2D eigenvalue weighted by atomic mass is 35.5. The number of halogens is 1. The van der Waals surface area contributed by atoms with Crippen LogP contribution in [0.15, 0.2) is 30.7 Å². The van der Waals surface area contributed by atoms with Crippen molar-refractivity contribution in [1.82, 2.24) is 14.5 Å². The zero-order valence-electron chi connectivity index (χ0n) is 8.52. The number of pyridine rings is 1. The average Bonchev–Trinajstić information content (AvgIpc) is 2.77. The highest BCUT2D eigenvalue weighted by Gasteiger charge is 2.03. The molecule has 0 saturated heterocycles. The first-order chi connectivity index (χ1) is 7.35. The Kier molecular flexibility index (Phi) is 3.02.